The molecule has 1 aliphatic heterocycles. The Hall–Kier alpha value is -2.35. The molecule has 0 radical (unpaired) electrons. The van der Waals surface area contributed by atoms with Crippen molar-refractivity contribution >= 4 is 31.8 Å². The number of piperazine rings is 1. The van der Waals surface area contributed by atoms with Crippen LogP contribution in [0.4, 0.5) is 5.82 Å². The summed E-state index contributed by atoms with van der Waals surface area (Å²) >= 11 is 3.32. The second-order valence-corrected chi connectivity index (χ2v) is 8.78. The minimum Gasteiger partial charge on any atom is -0.493 e. The number of benzene rings is 1. The van der Waals surface area contributed by atoms with E-state index in [1.165, 1.54) is 24.6 Å². The molecule has 2 heterocycles. The Labute approximate surface area is 172 Å². The average molecular weight is 467 g/mol. The molecular weight excluding hydrogens is 448 g/mol. The van der Waals surface area contributed by atoms with Gasteiger partial charge in [0.25, 0.3) is 0 Å². The van der Waals surface area contributed by atoms with E-state index in [0.717, 1.165) is 0 Å². The molecule has 1 saturated heterocycles. The molecule has 1 fully saturated rings. The van der Waals surface area contributed by atoms with Crippen LogP contribution in [0, 0.1) is 11.3 Å². The standard InChI is InChI=1S/C18H19BrN4O4S/c1-26-15-10-14(19)17(11-16(15)27-2)28(24,25)23-8-6-22(7-9-23)18-13(12-20)4-3-5-21-18/h3-5,10-11H,6-9H2,1-2H3. The van der Waals surface area contributed by atoms with Crippen molar-refractivity contribution in [3.05, 3.63) is 40.5 Å². The summed E-state index contributed by atoms with van der Waals surface area (Å²) in [5.74, 6) is 1.36. The van der Waals surface area contributed by atoms with Gasteiger partial charge in [0.1, 0.15) is 16.8 Å². The zero-order chi connectivity index (χ0) is 20.3. The van der Waals surface area contributed by atoms with Gasteiger partial charge in [0.15, 0.2) is 11.5 Å². The molecule has 0 aliphatic carbocycles. The maximum Gasteiger partial charge on any atom is 0.244 e. The lowest BCUT2D eigenvalue weighted by atomic mass is 10.2. The largest absolute Gasteiger partial charge is 0.493 e. The molecular formula is C18H19BrN4O4S. The highest BCUT2D eigenvalue weighted by Gasteiger charge is 2.32. The summed E-state index contributed by atoms with van der Waals surface area (Å²) in [6.45, 7) is 1.45. The van der Waals surface area contributed by atoms with Gasteiger partial charge in [-0.2, -0.15) is 9.57 Å². The summed E-state index contributed by atoms with van der Waals surface area (Å²) in [5, 5.41) is 9.25. The first-order valence-electron chi connectivity index (χ1n) is 8.44. The fourth-order valence-electron chi connectivity index (χ4n) is 3.05. The average Bonchev–Trinajstić information content (AvgIpc) is 2.73. The second-order valence-electron chi connectivity index (χ2n) is 6.02. The zero-order valence-corrected chi connectivity index (χ0v) is 17.8. The molecule has 2 aromatic rings. The lowest BCUT2D eigenvalue weighted by Crippen LogP contribution is -2.49. The van der Waals surface area contributed by atoms with Gasteiger partial charge in [-0.05, 0) is 34.1 Å². The molecule has 3 rings (SSSR count). The topological polar surface area (TPSA) is 95.8 Å². The third-order valence-electron chi connectivity index (χ3n) is 4.50. The number of sulfonamides is 1. The van der Waals surface area contributed by atoms with Crippen molar-refractivity contribution in [2.75, 3.05) is 45.3 Å². The van der Waals surface area contributed by atoms with E-state index in [1.807, 2.05) is 4.90 Å². The van der Waals surface area contributed by atoms with Crippen LogP contribution in [0.2, 0.25) is 0 Å². The number of nitrogens with zero attached hydrogens (tertiary/aromatic N) is 4. The summed E-state index contributed by atoms with van der Waals surface area (Å²) in [7, 11) is -0.783. The third kappa shape index (κ3) is 3.78. The van der Waals surface area contributed by atoms with Crippen molar-refractivity contribution in [3.63, 3.8) is 0 Å². The van der Waals surface area contributed by atoms with Gasteiger partial charge in [-0.1, -0.05) is 0 Å². The Morgan fingerprint density at radius 3 is 2.39 bits per heavy atom. The van der Waals surface area contributed by atoms with Crippen LogP contribution >= 0.6 is 15.9 Å². The monoisotopic (exact) mass is 466 g/mol. The number of rotatable bonds is 5. The Morgan fingerprint density at radius 1 is 1.14 bits per heavy atom. The molecule has 0 spiro atoms. The number of pyridine rings is 1. The van der Waals surface area contributed by atoms with Gasteiger partial charge in [-0.25, -0.2) is 13.4 Å². The molecule has 10 heteroatoms. The van der Waals surface area contributed by atoms with Gasteiger partial charge < -0.3 is 14.4 Å². The van der Waals surface area contributed by atoms with Crippen molar-refractivity contribution in [2.24, 2.45) is 0 Å². The summed E-state index contributed by atoms with van der Waals surface area (Å²) in [6, 6.07) is 8.56. The Balaban J connectivity index is 1.83. The normalized spacial score (nSPS) is 15.1. The number of methoxy groups -OCH3 is 2. The highest BCUT2D eigenvalue weighted by atomic mass is 79.9. The minimum absolute atomic E-state index is 0.120. The summed E-state index contributed by atoms with van der Waals surface area (Å²) < 4.78 is 38.6. The lowest BCUT2D eigenvalue weighted by molar-refractivity contribution is 0.352. The van der Waals surface area contributed by atoms with Crippen LogP contribution in [0.3, 0.4) is 0 Å². The molecule has 8 nitrogen and oxygen atoms in total. The van der Waals surface area contributed by atoms with E-state index < -0.39 is 10.0 Å². The highest BCUT2D eigenvalue weighted by molar-refractivity contribution is 9.10. The smallest absolute Gasteiger partial charge is 0.244 e. The molecule has 148 valence electrons. The van der Waals surface area contributed by atoms with Crippen LogP contribution in [0.1, 0.15) is 5.56 Å². The van der Waals surface area contributed by atoms with E-state index in [2.05, 4.69) is 27.0 Å². The molecule has 0 unspecified atom stereocenters. The van der Waals surface area contributed by atoms with Crippen LogP contribution in [0.5, 0.6) is 11.5 Å². The van der Waals surface area contributed by atoms with Crippen LogP contribution in [-0.4, -0.2) is 58.1 Å². The van der Waals surface area contributed by atoms with E-state index in [1.54, 1.807) is 24.4 Å². The maximum atomic E-state index is 13.2. The van der Waals surface area contributed by atoms with Crippen molar-refractivity contribution in [2.45, 2.75) is 4.90 Å². The number of hydrogen-bond acceptors (Lipinski definition) is 7. The fourth-order valence-corrected chi connectivity index (χ4v) is 5.47. The molecule has 0 atom stereocenters. The van der Waals surface area contributed by atoms with Crippen molar-refractivity contribution in [3.8, 4) is 17.6 Å². The van der Waals surface area contributed by atoms with Crippen LogP contribution in [-0.2, 0) is 10.0 Å². The van der Waals surface area contributed by atoms with E-state index in [9.17, 15) is 13.7 Å². The Kier molecular flexibility index (Phi) is 6.07. The molecule has 1 aliphatic rings. The molecule has 1 aromatic heterocycles. The molecule has 0 saturated carbocycles. The highest BCUT2D eigenvalue weighted by Crippen LogP contribution is 2.37. The Morgan fingerprint density at radius 2 is 1.79 bits per heavy atom. The molecule has 28 heavy (non-hydrogen) atoms. The minimum atomic E-state index is -3.73. The van der Waals surface area contributed by atoms with Crippen LogP contribution in [0.25, 0.3) is 0 Å². The predicted octanol–water partition coefficient (Wildman–Crippen LogP) is 2.24. The van der Waals surface area contributed by atoms with Gasteiger partial charge in [0.2, 0.25) is 10.0 Å². The number of ether oxygens (including phenoxy) is 2. The SMILES string of the molecule is COc1cc(Br)c(S(=O)(=O)N2CCN(c3ncccc3C#N)CC2)cc1OC. The predicted molar refractivity (Wildman–Crippen MR) is 107 cm³/mol. The number of halogens is 1. The zero-order valence-electron chi connectivity index (χ0n) is 15.4. The van der Waals surface area contributed by atoms with Crippen LogP contribution < -0.4 is 14.4 Å². The van der Waals surface area contributed by atoms with Gasteiger partial charge in [-0.15, -0.1) is 0 Å². The summed E-state index contributed by atoms with van der Waals surface area (Å²) in [4.78, 5) is 6.32. The van der Waals surface area contributed by atoms with Gasteiger partial charge in [-0.3, -0.25) is 0 Å². The van der Waals surface area contributed by atoms with Crippen molar-refractivity contribution in [1.29, 1.82) is 5.26 Å². The van der Waals surface area contributed by atoms with Gasteiger partial charge in [0.05, 0.1) is 19.8 Å². The second kappa shape index (κ2) is 8.34. The number of nitriles is 1. The van der Waals surface area contributed by atoms with Crippen LogP contribution in [0.15, 0.2) is 39.8 Å². The fraction of sp³-hybridized carbons (Fsp3) is 0.333. The van der Waals surface area contributed by atoms with E-state index in [4.69, 9.17) is 9.47 Å². The first kappa shape index (κ1) is 20.4. The first-order chi connectivity index (χ1) is 13.4. The molecule has 0 N–H and O–H groups in total. The van der Waals surface area contributed by atoms with E-state index in [-0.39, 0.29) is 18.0 Å². The third-order valence-corrected chi connectivity index (χ3v) is 7.36. The lowest BCUT2D eigenvalue weighted by Gasteiger charge is -2.35. The van der Waals surface area contributed by atoms with Crippen molar-refractivity contribution < 1.29 is 17.9 Å². The quantitative estimate of drug-likeness (QED) is 0.666. The van der Waals surface area contributed by atoms with E-state index in [0.29, 0.717) is 40.4 Å². The maximum absolute atomic E-state index is 13.2. The van der Waals surface area contributed by atoms with Crippen molar-refractivity contribution in [1.82, 2.24) is 9.29 Å². The summed E-state index contributed by atoms with van der Waals surface area (Å²) in [5.41, 5.74) is 0.474. The number of hydrogen-bond donors (Lipinski definition) is 0. The van der Waals surface area contributed by atoms with Gasteiger partial charge >= 0.3 is 0 Å². The summed E-state index contributed by atoms with van der Waals surface area (Å²) in [6.07, 6.45) is 1.63. The molecule has 1 aromatic carbocycles. The first-order valence-corrected chi connectivity index (χ1v) is 10.7. The number of anilines is 1. The molecule has 0 bridgehead atoms. The van der Waals surface area contributed by atoms with E-state index >= 15 is 0 Å². The number of aromatic nitrogens is 1. The molecule has 0 amide bonds. The van der Waals surface area contributed by atoms with Gasteiger partial charge in [0, 0.05) is 42.9 Å². The Bertz CT molecular complexity index is 1010.